The summed E-state index contributed by atoms with van der Waals surface area (Å²) in [6, 6.07) is 10.7. The molecule has 0 aliphatic carbocycles. The first kappa shape index (κ1) is 18.2. The van der Waals surface area contributed by atoms with E-state index in [-0.39, 0.29) is 12.4 Å². The molecule has 27 heavy (non-hydrogen) atoms. The second-order valence-electron chi connectivity index (χ2n) is 5.67. The third kappa shape index (κ3) is 4.17. The minimum atomic E-state index is -1.02. The largest absolute Gasteiger partial charge is 0.465 e. The third-order valence-electron chi connectivity index (χ3n) is 3.83. The van der Waals surface area contributed by atoms with Crippen molar-refractivity contribution in [3.05, 3.63) is 53.6 Å². The summed E-state index contributed by atoms with van der Waals surface area (Å²) in [5.41, 5.74) is 1.02. The van der Waals surface area contributed by atoms with Gasteiger partial charge < -0.3 is 24.3 Å². The van der Waals surface area contributed by atoms with Gasteiger partial charge in [-0.1, -0.05) is 0 Å². The van der Waals surface area contributed by atoms with Crippen LogP contribution in [-0.2, 0) is 14.3 Å². The zero-order valence-corrected chi connectivity index (χ0v) is 14.7. The van der Waals surface area contributed by atoms with Crippen molar-refractivity contribution in [3.8, 4) is 11.5 Å². The van der Waals surface area contributed by atoms with Crippen molar-refractivity contribution in [2.24, 2.45) is 0 Å². The fraction of sp³-hybridized carbons (Fsp3) is 0.211. The predicted molar refractivity (Wildman–Crippen MR) is 93.9 cm³/mol. The molecule has 0 unspecified atom stereocenters. The molecule has 0 saturated heterocycles. The van der Waals surface area contributed by atoms with Gasteiger partial charge in [0.25, 0.3) is 5.91 Å². The molecule has 1 atom stereocenters. The lowest BCUT2D eigenvalue weighted by molar-refractivity contribution is -0.123. The molecule has 1 heterocycles. The predicted octanol–water partition coefficient (Wildman–Crippen LogP) is 2.39. The van der Waals surface area contributed by atoms with Crippen LogP contribution in [0, 0.1) is 0 Å². The molecular formula is C19H17NO7. The van der Waals surface area contributed by atoms with Crippen LogP contribution in [-0.4, -0.2) is 37.9 Å². The summed E-state index contributed by atoms with van der Waals surface area (Å²) in [5.74, 6) is -0.550. The minimum absolute atomic E-state index is 0.134. The summed E-state index contributed by atoms with van der Waals surface area (Å²) < 4.78 is 20.2. The highest BCUT2D eigenvalue weighted by atomic mass is 16.7. The van der Waals surface area contributed by atoms with Crippen molar-refractivity contribution in [1.29, 1.82) is 0 Å². The molecule has 1 aliphatic heterocycles. The molecule has 2 aromatic carbocycles. The van der Waals surface area contributed by atoms with Crippen LogP contribution in [0.1, 0.15) is 27.6 Å². The number of amides is 1. The maximum atomic E-state index is 12.2. The molecule has 0 saturated carbocycles. The Kier molecular flexibility index (Phi) is 5.25. The van der Waals surface area contributed by atoms with Crippen molar-refractivity contribution in [2.75, 3.05) is 19.2 Å². The quantitative estimate of drug-likeness (QED) is 0.806. The number of hydrogen-bond donors (Lipinski definition) is 1. The average Bonchev–Trinajstić information content (AvgIpc) is 3.15. The lowest BCUT2D eigenvalue weighted by Gasteiger charge is -2.14. The zero-order valence-electron chi connectivity index (χ0n) is 14.7. The topological polar surface area (TPSA) is 100 Å². The van der Waals surface area contributed by atoms with E-state index in [1.165, 1.54) is 38.3 Å². The Hall–Kier alpha value is -3.55. The molecule has 0 fully saturated rings. The van der Waals surface area contributed by atoms with Gasteiger partial charge >= 0.3 is 11.9 Å². The number of nitrogens with one attached hydrogen (secondary N) is 1. The van der Waals surface area contributed by atoms with Gasteiger partial charge in [0.1, 0.15) is 0 Å². The van der Waals surface area contributed by atoms with Crippen LogP contribution in [0.4, 0.5) is 5.69 Å². The number of carbonyl (C=O) groups excluding carboxylic acids is 3. The number of carbonyl (C=O) groups is 3. The van der Waals surface area contributed by atoms with Crippen LogP contribution in [0.5, 0.6) is 11.5 Å². The Morgan fingerprint density at radius 2 is 1.59 bits per heavy atom. The van der Waals surface area contributed by atoms with Crippen LogP contribution in [0.3, 0.4) is 0 Å². The fourth-order valence-corrected chi connectivity index (χ4v) is 2.36. The molecule has 8 nitrogen and oxygen atoms in total. The van der Waals surface area contributed by atoms with Gasteiger partial charge in [0.15, 0.2) is 17.6 Å². The van der Waals surface area contributed by atoms with E-state index in [4.69, 9.17) is 14.2 Å². The van der Waals surface area contributed by atoms with Crippen LogP contribution < -0.4 is 14.8 Å². The Bertz CT molecular complexity index is 876. The summed E-state index contributed by atoms with van der Waals surface area (Å²) in [5, 5.41) is 2.65. The number of ether oxygens (including phenoxy) is 4. The first-order valence-electron chi connectivity index (χ1n) is 8.08. The van der Waals surface area contributed by atoms with Crippen LogP contribution in [0.2, 0.25) is 0 Å². The van der Waals surface area contributed by atoms with E-state index >= 15 is 0 Å². The molecule has 0 aromatic heterocycles. The highest BCUT2D eigenvalue weighted by molar-refractivity contribution is 5.98. The fourth-order valence-electron chi connectivity index (χ4n) is 2.36. The second kappa shape index (κ2) is 7.77. The van der Waals surface area contributed by atoms with E-state index in [0.717, 1.165) is 0 Å². The third-order valence-corrected chi connectivity index (χ3v) is 3.83. The van der Waals surface area contributed by atoms with E-state index < -0.39 is 23.9 Å². The van der Waals surface area contributed by atoms with Gasteiger partial charge in [-0.15, -0.1) is 0 Å². The summed E-state index contributed by atoms with van der Waals surface area (Å²) in [6.07, 6.45) is -1.02. The minimum Gasteiger partial charge on any atom is -0.465 e. The molecule has 0 radical (unpaired) electrons. The summed E-state index contributed by atoms with van der Waals surface area (Å²) in [7, 11) is 1.27. The Morgan fingerprint density at radius 3 is 2.26 bits per heavy atom. The Morgan fingerprint density at radius 1 is 0.963 bits per heavy atom. The summed E-state index contributed by atoms with van der Waals surface area (Å²) in [4.78, 5) is 35.8. The molecule has 3 rings (SSSR count). The van der Waals surface area contributed by atoms with Crippen LogP contribution in [0.15, 0.2) is 42.5 Å². The highest BCUT2D eigenvalue weighted by Gasteiger charge is 2.21. The number of methoxy groups -OCH3 is 1. The first-order chi connectivity index (χ1) is 13.0. The van der Waals surface area contributed by atoms with Gasteiger partial charge in [-0.25, -0.2) is 9.59 Å². The number of esters is 2. The number of fused-ring (bicyclic) bond motifs is 1. The van der Waals surface area contributed by atoms with Gasteiger partial charge in [0.2, 0.25) is 6.79 Å². The van der Waals surface area contributed by atoms with Crippen LogP contribution >= 0.6 is 0 Å². The van der Waals surface area contributed by atoms with Gasteiger partial charge in [-0.05, 0) is 43.3 Å². The molecule has 0 bridgehead atoms. The van der Waals surface area contributed by atoms with E-state index in [0.29, 0.717) is 22.7 Å². The lowest BCUT2D eigenvalue weighted by atomic mass is 10.1. The molecule has 0 spiro atoms. The monoisotopic (exact) mass is 371 g/mol. The number of anilines is 1. The summed E-state index contributed by atoms with van der Waals surface area (Å²) in [6.45, 7) is 1.60. The van der Waals surface area contributed by atoms with Crippen molar-refractivity contribution in [2.45, 2.75) is 13.0 Å². The zero-order chi connectivity index (χ0) is 19.4. The second-order valence-corrected chi connectivity index (χ2v) is 5.67. The van der Waals surface area contributed by atoms with Gasteiger partial charge in [-0.2, -0.15) is 0 Å². The smallest absolute Gasteiger partial charge is 0.338 e. The normalized spacial score (nSPS) is 12.8. The van der Waals surface area contributed by atoms with Crippen LogP contribution in [0.25, 0.3) is 0 Å². The van der Waals surface area contributed by atoms with Gasteiger partial charge in [0.05, 0.1) is 18.2 Å². The van der Waals surface area contributed by atoms with Gasteiger partial charge in [-0.3, -0.25) is 4.79 Å². The molecular weight excluding hydrogens is 354 g/mol. The molecule has 2 aromatic rings. The standard InChI is InChI=1S/C19H17NO7/c1-11(17(21)20-14-7-8-15-16(9-14)26-10-25-15)27-19(23)13-5-3-12(4-6-13)18(22)24-2/h3-9,11H,10H2,1-2H3,(H,20,21)/t11-/m1/s1. The average molecular weight is 371 g/mol. The van der Waals surface area contributed by atoms with Crippen molar-refractivity contribution in [3.63, 3.8) is 0 Å². The molecule has 8 heteroatoms. The van der Waals surface area contributed by atoms with Crippen molar-refractivity contribution in [1.82, 2.24) is 0 Å². The van der Waals surface area contributed by atoms with E-state index in [9.17, 15) is 14.4 Å². The first-order valence-corrected chi connectivity index (χ1v) is 8.08. The molecule has 1 aliphatic rings. The van der Waals surface area contributed by atoms with Crippen molar-refractivity contribution < 1.29 is 33.3 Å². The summed E-state index contributed by atoms with van der Waals surface area (Å²) >= 11 is 0. The van der Waals surface area contributed by atoms with Crippen molar-refractivity contribution >= 4 is 23.5 Å². The Balaban J connectivity index is 1.59. The van der Waals surface area contributed by atoms with E-state index in [1.807, 2.05) is 0 Å². The van der Waals surface area contributed by atoms with Gasteiger partial charge in [0, 0.05) is 11.8 Å². The maximum Gasteiger partial charge on any atom is 0.338 e. The maximum absolute atomic E-state index is 12.2. The van der Waals surface area contributed by atoms with E-state index in [2.05, 4.69) is 10.1 Å². The molecule has 1 N–H and O–H groups in total. The number of hydrogen-bond acceptors (Lipinski definition) is 7. The highest BCUT2D eigenvalue weighted by Crippen LogP contribution is 2.34. The SMILES string of the molecule is COC(=O)c1ccc(C(=O)O[C@H](C)C(=O)Nc2ccc3c(c2)OCO3)cc1. The Labute approximate surface area is 155 Å². The lowest BCUT2D eigenvalue weighted by Crippen LogP contribution is -2.30. The molecule has 1 amide bonds. The van der Waals surface area contributed by atoms with E-state index in [1.54, 1.807) is 18.2 Å². The number of rotatable bonds is 5. The molecule has 140 valence electrons. The number of benzene rings is 2.